The minimum atomic E-state index is -0.841. The summed E-state index contributed by atoms with van der Waals surface area (Å²) in [5.41, 5.74) is 0.186. The van der Waals surface area contributed by atoms with Crippen molar-refractivity contribution < 1.29 is 14.3 Å². The lowest BCUT2D eigenvalue weighted by Crippen LogP contribution is -2.52. The van der Waals surface area contributed by atoms with Crippen molar-refractivity contribution in [1.29, 1.82) is 0 Å². The minimum absolute atomic E-state index is 0.285. The molecule has 4 heteroatoms. The SMILES string of the molecule is COC(=O)C1(Oc2ccccc2C)CCNCC1. The molecule has 0 atom stereocenters. The normalized spacial score (nSPS) is 18.1. The molecule has 0 radical (unpaired) electrons. The number of carbonyl (C=O) groups is 1. The zero-order valence-corrected chi connectivity index (χ0v) is 10.9. The Morgan fingerprint density at radius 2 is 1.94 bits per heavy atom. The van der Waals surface area contributed by atoms with E-state index in [1.54, 1.807) is 0 Å². The highest BCUT2D eigenvalue weighted by Crippen LogP contribution is 2.29. The Morgan fingerprint density at radius 3 is 2.56 bits per heavy atom. The Labute approximate surface area is 107 Å². The molecule has 1 aromatic carbocycles. The van der Waals surface area contributed by atoms with Crippen LogP contribution in [-0.2, 0) is 9.53 Å². The van der Waals surface area contributed by atoms with Crippen molar-refractivity contribution >= 4 is 5.97 Å². The molecule has 1 saturated heterocycles. The number of para-hydroxylation sites is 1. The van der Waals surface area contributed by atoms with Crippen molar-refractivity contribution in [1.82, 2.24) is 5.32 Å². The lowest BCUT2D eigenvalue weighted by atomic mass is 9.92. The molecular weight excluding hydrogens is 230 g/mol. The minimum Gasteiger partial charge on any atom is -0.475 e. The van der Waals surface area contributed by atoms with Crippen LogP contribution < -0.4 is 10.1 Å². The quantitative estimate of drug-likeness (QED) is 0.828. The second-order valence-corrected chi connectivity index (χ2v) is 4.60. The maximum atomic E-state index is 12.0. The standard InChI is InChI=1S/C14H19NO3/c1-11-5-3-4-6-12(11)18-14(13(16)17-2)7-9-15-10-8-14/h3-6,15H,7-10H2,1-2H3. The van der Waals surface area contributed by atoms with Gasteiger partial charge < -0.3 is 14.8 Å². The fourth-order valence-corrected chi connectivity index (χ4v) is 2.25. The summed E-state index contributed by atoms with van der Waals surface area (Å²) in [6.45, 7) is 3.50. The van der Waals surface area contributed by atoms with Crippen molar-refractivity contribution in [2.24, 2.45) is 0 Å². The van der Waals surface area contributed by atoms with Crippen molar-refractivity contribution in [2.45, 2.75) is 25.4 Å². The summed E-state index contributed by atoms with van der Waals surface area (Å²) < 4.78 is 10.9. The summed E-state index contributed by atoms with van der Waals surface area (Å²) in [6.07, 6.45) is 1.27. The van der Waals surface area contributed by atoms with Gasteiger partial charge in [0.1, 0.15) is 5.75 Å². The van der Waals surface area contributed by atoms with E-state index in [9.17, 15) is 4.79 Å². The molecule has 0 unspecified atom stereocenters. The molecule has 0 amide bonds. The number of nitrogens with one attached hydrogen (secondary N) is 1. The van der Waals surface area contributed by atoms with E-state index in [0.717, 1.165) is 24.4 Å². The average molecular weight is 249 g/mol. The molecule has 2 rings (SSSR count). The predicted octanol–water partition coefficient (Wildman–Crippen LogP) is 1.67. The Kier molecular flexibility index (Phi) is 3.87. The summed E-state index contributed by atoms with van der Waals surface area (Å²) >= 11 is 0. The fourth-order valence-electron chi connectivity index (χ4n) is 2.25. The summed E-state index contributed by atoms with van der Waals surface area (Å²) in [4.78, 5) is 12.0. The predicted molar refractivity (Wildman–Crippen MR) is 68.7 cm³/mol. The van der Waals surface area contributed by atoms with Gasteiger partial charge in [0.2, 0.25) is 5.60 Å². The molecule has 0 aliphatic carbocycles. The van der Waals surface area contributed by atoms with Crippen LogP contribution in [0.3, 0.4) is 0 Å². The molecule has 1 aliphatic heterocycles. The summed E-state index contributed by atoms with van der Waals surface area (Å²) in [7, 11) is 1.41. The Hall–Kier alpha value is -1.55. The van der Waals surface area contributed by atoms with Gasteiger partial charge in [-0.1, -0.05) is 18.2 Å². The highest BCUT2D eigenvalue weighted by molar-refractivity contribution is 5.80. The van der Waals surface area contributed by atoms with Crippen LogP contribution in [0.5, 0.6) is 5.75 Å². The molecule has 1 aromatic rings. The van der Waals surface area contributed by atoms with E-state index in [-0.39, 0.29) is 5.97 Å². The van der Waals surface area contributed by atoms with E-state index in [1.165, 1.54) is 7.11 Å². The monoisotopic (exact) mass is 249 g/mol. The van der Waals surface area contributed by atoms with Crippen LogP contribution in [0.25, 0.3) is 0 Å². The second kappa shape index (κ2) is 5.40. The largest absolute Gasteiger partial charge is 0.475 e. The molecule has 0 saturated carbocycles. The topological polar surface area (TPSA) is 47.6 Å². The third kappa shape index (κ3) is 2.48. The van der Waals surface area contributed by atoms with Crippen LogP contribution >= 0.6 is 0 Å². The van der Waals surface area contributed by atoms with Crippen molar-refractivity contribution in [2.75, 3.05) is 20.2 Å². The number of hydrogen-bond acceptors (Lipinski definition) is 4. The number of ether oxygens (including phenoxy) is 2. The van der Waals surface area contributed by atoms with E-state index in [4.69, 9.17) is 9.47 Å². The first-order valence-corrected chi connectivity index (χ1v) is 6.22. The number of benzene rings is 1. The second-order valence-electron chi connectivity index (χ2n) is 4.60. The lowest BCUT2D eigenvalue weighted by Gasteiger charge is -2.35. The number of methoxy groups -OCH3 is 1. The number of aryl methyl sites for hydroxylation is 1. The molecular formula is C14H19NO3. The van der Waals surface area contributed by atoms with E-state index < -0.39 is 5.60 Å². The van der Waals surface area contributed by atoms with Crippen molar-refractivity contribution in [3.05, 3.63) is 29.8 Å². The summed E-state index contributed by atoms with van der Waals surface area (Å²) in [5.74, 6) is 0.469. The van der Waals surface area contributed by atoms with Gasteiger partial charge in [0.05, 0.1) is 7.11 Å². The van der Waals surface area contributed by atoms with Crippen LogP contribution in [0.4, 0.5) is 0 Å². The van der Waals surface area contributed by atoms with Gasteiger partial charge in [-0.25, -0.2) is 4.79 Å². The number of piperidine rings is 1. The number of esters is 1. The molecule has 1 aliphatic rings. The van der Waals surface area contributed by atoms with Gasteiger partial charge >= 0.3 is 5.97 Å². The first kappa shape index (κ1) is 12.9. The average Bonchev–Trinajstić information content (AvgIpc) is 2.41. The molecule has 1 N–H and O–H groups in total. The van der Waals surface area contributed by atoms with Crippen LogP contribution in [0.1, 0.15) is 18.4 Å². The Bertz CT molecular complexity index is 425. The summed E-state index contributed by atoms with van der Waals surface area (Å²) in [6, 6.07) is 7.73. The van der Waals surface area contributed by atoms with Gasteiger partial charge in [0.25, 0.3) is 0 Å². The highest BCUT2D eigenvalue weighted by atomic mass is 16.6. The Balaban J connectivity index is 2.25. The first-order valence-electron chi connectivity index (χ1n) is 6.22. The van der Waals surface area contributed by atoms with Gasteiger partial charge in [-0.15, -0.1) is 0 Å². The number of hydrogen-bond donors (Lipinski definition) is 1. The summed E-state index contributed by atoms with van der Waals surface area (Å²) in [5, 5.41) is 3.23. The van der Waals surface area contributed by atoms with Crippen LogP contribution in [0, 0.1) is 6.92 Å². The molecule has 18 heavy (non-hydrogen) atoms. The molecule has 0 bridgehead atoms. The smallest absolute Gasteiger partial charge is 0.350 e. The van der Waals surface area contributed by atoms with E-state index in [2.05, 4.69) is 5.32 Å². The number of carbonyl (C=O) groups excluding carboxylic acids is 1. The molecule has 0 aromatic heterocycles. The lowest BCUT2D eigenvalue weighted by molar-refractivity contribution is -0.161. The fraction of sp³-hybridized carbons (Fsp3) is 0.500. The van der Waals surface area contributed by atoms with Crippen LogP contribution in [0.2, 0.25) is 0 Å². The highest BCUT2D eigenvalue weighted by Gasteiger charge is 2.43. The molecule has 1 fully saturated rings. The van der Waals surface area contributed by atoms with E-state index >= 15 is 0 Å². The van der Waals surface area contributed by atoms with E-state index in [1.807, 2.05) is 31.2 Å². The van der Waals surface area contributed by atoms with Crippen molar-refractivity contribution in [3.8, 4) is 5.75 Å². The van der Waals surface area contributed by atoms with Gasteiger partial charge in [0, 0.05) is 12.8 Å². The third-order valence-electron chi connectivity index (χ3n) is 3.37. The zero-order valence-electron chi connectivity index (χ0n) is 10.9. The van der Waals surface area contributed by atoms with Crippen LogP contribution in [0.15, 0.2) is 24.3 Å². The third-order valence-corrected chi connectivity index (χ3v) is 3.37. The van der Waals surface area contributed by atoms with Crippen molar-refractivity contribution in [3.63, 3.8) is 0 Å². The zero-order chi connectivity index (χ0) is 13.0. The molecule has 98 valence electrons. The van der Waals surface area contributed by atoms with Gasteiger partial charge in [-0.2, -0.15) is 0 Å². The van der Waals surface area contributed by atoms with Gasteiger partial charge in [-0.3, -0.25) is 0 Å². The van der Waals surface area contributed by atoms with Gasteiger partial charge in [0.15, 0.2) is 0 Å². The Morgan fingerprint density at radius 1 is 1.28 bits per heavy atom. The number of rotatable bonds is 3. The van der Waals surface area contributed by atoms with Gasteiger partial charge in [-0.05, 0) is 31.6 Å². The van der Waals surface area contributed by atoms with Crippen LogP contribution in [-0.4, -0.2) is 31.8 Å². The molecule has 1 heterocycles. The first-order chi connectivity index (χ1) is 8.68. The molecule has 0 spiro atoms. The molecule has 4 nitrogen and oxygen atoms in total. The van der Waals surface area contributed by atoms with E-state index in [0.29, 0.717) is 12.8 Å². The maximum Gasteiger partial charge on any atom is 0.350 e. The maximum absolute atomic E-state index is 12.0.